The van der Waals surface area contributed by atoms with Crippen LogP contribution in [0.4, 0.5) is 0 Å². The molecule has 1 aliphatic rings. The summed E-state index contributed by atoms with van der Waals surface area (Å²) in [5, 5.41) is 3.21. The number of aliphatic imine (C=N–C) groups is 1. The summed E-state index contributed by atoms with van der Waals surface area (Å²) in [4.78, 5) is 4.51. The monoisotopic (exact) mass is 383 g/mol. The highest BCUT2D eigenvalue weighted by Gasteiger charge is 2.36. The Labute approximate surface area is 135 Å². The molecule has 0 aromatic heterocycles. The summed E-state index contributed by atoms with van der Waals surface area (Å²) in [5.74, 6) is 0.590. The highest BCUT2D eigenvalue weighted by Crippen LogP contribution is 2.44. The lowest BCUT2D eigenvalue weighted by atomic mass is 9.67. The van der Waals surface area contributed by atoms with Crippen molar-refractivity contribution in [3.8, 4) is 0 Å². The van der Waals surface area contributed by atoms with Crippen LogP contribution in [0.2, 0.25) is 0 Å². The van der Waals surface area contributed by atoms with Crippen LogP contribution in [-0.2, 0) is 4.74 Å². The fourth-order valence-electron chi connectivity index (χ4n) is 2.25. The maximum atomic E-state index is 5.90. The predicted octanol–water partition coefficient (Wildman–Crippen LogP) is 2.90. The molecule has 1 aliphatic carbocycles. The van der Waals surface area contributed by atoms with Gasteiger partial charge in [0.25, 0.3) is 0 Å². The molecule has 0 amide bonds. The first kappa shape index (κ1) is 19.0. The van der Waals surface area contributed by atoms with Gasteiger partial charge in [0.2, 0.25) is 0 Å². The van der Waals surface area contributed by atoms with E-state index in [-0.39, 0.29) is 24.0 Å². The molecule has 0 spiro atoms. The molecule has 0 aliphatic heterocycles. The second-order valence-electron chi connectivity index (χ2n) is 5.46. The van der Waals surface area contributed by atoms with Gasteiger partial charge in [0.1, 0.15) is 0 Å². The van der Waals surface area contributed by atoms with Gasteiger partial charge >= 0.3 is 0 Å². The summed E-state index contributed by atoms with van der Waals surface area (Å²) >= 11 is 0. The summed E-state index contributed by atoms with van der Waals surface area (Å²) in [6, 6.07) is 0.398. The molecule has 0 radical (unpaired) electrons. The Morgan fingerprint density at radius 3 is 2.58 bits per heavy atom. The van der Waals surface area contributed by atoms with Gasteiger partial charge in [-0.15, -0.1) is 24.0 Å². The Bertz CT molecular complexity index is 267. The Morgan fingerprint density at radius 1 is 1.42 bits per heavy atom. The van der Waals surface area contributed by atoms with Gasteiger partial charge in [-0.3, -0.25) is 4.99 Å². The minimum Gasteiger partial charge on any atom is -0.382 e. The Kier molecular flexibility index (Phi) is 9.78. The van der Waals surface area contributed by atoms with E-state index >= 15 is 0 Å². The fourth-order valence-corrected chi connectivity index (χ4v) is 2.25. The van der Waals surface area contributed by atoms with E-state index in [1.165, 1.54) is 19.3 Å². The Balaban J connectivity index is 0.00000324. The van der Waals surface area contributed by atoms with Gasteiger partial charge in [-0.1, -0.05) is 13.3 Å². The smallest absolute Gasteiger partial charge is 0.188 e. The number of nitrogens with zero attached hydrogens (tertiary/aromatic N) is 1. The van der Waals surface area contributed by atoms with E-state index in [0.717, 1.165) is 32.6 Å². The van der Waals surface area contributed by atoms with Crippen LogP contribution in [0.1, 0.15) is 52.9 Å². The first-order chi connectivity index (χ1) is 8.62. The zero-order valence-corrected chi connectivity index (χ0v) is 14.9. The van der Waals surface area contributed by atoms with Crippen LogP contribution in [0.15, 0.2) is 4.99 Å². The number of nitrogens with one attached hydrogen (secondary N) is 1. The third-order valence-electron chi connectivity index (χ3n) is 3.99. The van der Waals surface area contributed by atoms with E-state index in [0.29, 0.717) is 17.4 Å². The van der Waals surface area contributed by atoms with E-state index in [2.05, 4.69) is 24.2 Å². The molecule has 1 rings (SSSR count). The minimum absolute atomic E-state index is 0. The van der Waals surface area contributed by atoms with Crippen LogP contribution in [0.5, 0.6) is 0 Å². The van der Waals surface area contributed by atoms with Crippen LogP contribution in [0.3, 0.4) is 0 Å². The molecule has 4 nitrogen and oxygen atoms in total. The van der Waals surface area contributed by atoms with Crippen molar-refractivity contribution in [2.24, 2.45) is 16.1 Å². The third kappa shape index (κ3) is 6.79. The van der Waals surface area contributed by atoms with Crippen molar-refractivity contribution in [1.82, 2.24) is 5.32 Å². The molecule has 0 heterocycles. The number of nitrogens with two attached hydrogens (primary N) is 1. The second kappa shape index (κ2) is 9.80. The van der Waals surface area contributed by atoms with Gasteiger partial charge < -0.3 is 15.8 Å². The Hall–Kier alpha value is -0.0400. The summed E-state index contributed by atoms with van der Waals surface area (Å²) in [6.45, 7) is 8.80. The third-order valence-corrected chi connectivity index (χ3v) is 3.99. The number of hydrogen-bond acceptors (Lipinski definition) is 2. The van der Waals surface area contributed by atoms with E-state index in [1.54, 1.807) is 0 Å². The molecular weight excluding hydrogens is 353 g/mol. The van der Waals surface area contributed by atoms with Crippen molar-refractivity contribution in [3.05, 3.63) is 0 Å². The molecule has 0 aromatic carbocycles. The van der Waals surface area contributed by atoms with Crippen molar-refractivity contribution >= 4 is 29.9 Å². The number of rotatable bonds is 8. The van der Waals surface area contributed by atoms with Crippen molar-refractivity contribution < 1.29 is 4.74 Å². The highest BCUT2D eigenvalue weighted by molar-refractivity contribution is 14.0. The van der Waals surface area contributed by atoms with E-state index in [9.17, 15) is 0 Å². The van der Waals surface area contributed by atoms with Gasteiger partial charge in [-0.25, -0.2) is 0 Å². The summed E-state index contributed by atoms with van der Waals surface area (Å²) < 4.78 is 5.46. The standard InChI is InChI=1S/C14H29N3O.HI/c1-4-12(3)17-13(15)16-11-14(7-6-8-14)9-10-18-5-2;/h12H,4-11H2,1-3H3,(H3,15,16,17);1H. The lowest BCUT2D eigenvalue weighted by molar-refractivity contribution is 0.0609. The van der Waals surface area contributed by atoms with Crippen molar-refractivity contribution in [1.29, 1.82) is 0 Å². The molecule has 1 fully saturated rings. The van der Waals surface area contributed by atoms with Gasteiger partial charge in [0.15, 0.2) is 5.96 Å². The van der Waals surface area contributed by atoms with Crippen LogP contribution in [0.25, 0.3) is 0 Å². The van der Waals surface area contributed by atoms with Crippen LogP contribution >= 0.6 is 24.0 Å². The quantitative estimate of drug-likeness (QED) is 0.293. The normalized spacial score (nSPS) is 19.2. The largest absolute Gasteiger partial charge is 0.382 e. The van der Waals surface area contributed by atoms with E-state index in [1.807, 2.05) is 6.92 Å². The SMILES string of the molecule is CCOCCC1(CN=C(N)NC(C)CC)CCC1.I. The lowest BCUT2D eigenvalue weighted by Crippen LogP contribution is -2.40. The summed E-state index contributed by atoms with van der Waals surface area (Å²) in [6.07, 6.45) is 6.02. The topological polar surface area (TPSA) is 59.6 Å². The average Bonchev–Trinajstić information content (AvgIpc) is 2.31. The van der Waals surface area contributed by atoms with E-state index in [4.69, 9.17) is 10.5 Å². The molecule has 0 aromatic rings. The first-order valence-corrected chi connectivity index (χ1v) is 7.26. The minimum atomic E-state index is 0. The maximum absolute atomic E-state index is 5.90. The summed E-state index contributed by atoms with van der Waals surface area (Å²) in [5.41, 5.74) is 6.26. The van der Waals surface area contributed by atoms with Gasteiger partial charge in [0, 0.05) is 25.8 Å². The number of hydrogen-bond donors (Lipinski definition) is 2. The highest BCUT2D eigenvalue weighted by atomic mass is 127. The Morgan fingerprint density at radius 2 is 2.11 bits per heavy atom. The van der Waals surface area contributed by atoms with Gasteiger partial charge in [-0.2, -0.15) is 0 Å². The van der Waals surface area contributed by atoms with E-state index < -0.39 is 0 Å². The second-order valence-corrected chi connectivity index (χ2v) is 5.46. The predicted molar refractivity (Wildman–Crippen MR) is 92.2 cm³/mol. The van der Waals surface area contributed by atoms with Crippen LogP contribution in [0, 0.1) is 5.41 Å². The zero-order valence-electron chi connectivity index (χ0n) is 12.6. The van der Waals surface area contributed by atoms with Crippen LogP contribution < -0.4 is 11.1 Å². The molecule has 19 heavy (non-hydrogen) atoms. The van der Waals surface area contributed by atoms with Crippen molar-refractivity contribution in [2.75, 3.05) is 19.8 Å². The number of guanidine groups is 1. The molecule has 0 saturated heterocycles. The number of ether oxygens (including phenoxy) is 1. The van der Waals surface area contributed by atoms with Crippen LogP contribution in [-0.4, -0.2) is 31.8 Å². The maximum Gasteiger partial charge on any atom is 0.188 e. The molecule has 1 unspecified atom stereocenters. The zero-order chi connectivity index (χ0) is 13.4. The molecule has 1 saturated carbocycles. The molecule has 5 heteroatoms. The fraction of sp³-hybridized carbons (Fsp3) is 0.929. The lowest BCUT2D eigenvalue weighted by Gasteiger charge is -2.40. The number of halogens is 1. The van der Waals surface area contributed by atoms with Gasteiger partial charge in [-0.05, 0) is 44.9 Å². The van der Waals surface area contributed by atoms with Gasteiger partial charge in [0.05, 0.1) is 0 Å². The van der Waals surface area contributed by atoms with Crippen molar-refractivity contribution in [3.63, 3.8) is 0 Å². The molecule has 114 valence electrons. The summed E-state index contributed by atoms with van der Waals surface area (Å²) in [7, 11) is 0. The molecular formula is C14H30IN3O. The first-order valence-electron chi connectivity index (χ1n) is 7.26. The average molecular weight is 383 g/mol. The molecule has 0 bridgehead atoms. The molecule has 3 N–H and O–H groups in total. The van der Waals surface area contributed by atoms with Crippen molar-refractivity contribution in [2.45, 2.75) is 58.9 Å². The molecule has 1 atom stereocenters.